The lowest BCUT2D eigenvalue weighted by atomic mass is 9.98. The lowest BCUT2D eigenvalue weighted by Gasteiger charge is -2.16. The van der Waals surface area contributed by atoms with Crippen molar-refractivity contribution in [1.82, 2.24) is 5.32 Å². The molecule has 0 aliphatic heterocycles. The zero-order valence-electron chi connectivity index (χ0n) is 10.2. The number of thioether (sulfide) groups is 1. The first-order valence-corrected chi connectivity index (χ1v) is 6.61. The lowest BCUT2D eigenvalue weighted by molar-refractivity contribution is 0.623. The molecule has 0 aliphatic rings. The topological polar surface area (TPSA) is 12.0 Å². The van der Waals surface area contributed by atoms with Gasteiger partial charge in [-0.2, -0.15) is 0 Å². The highest BCUT2D eigenvalue weighted by molar-refractivity contribution is 8.02. The Morgan fingerprint density at radius 2 is 2.35 bits per heavy atom. The predicted octanol–water partition coefficient (Wildman–Crippen LogP) is 4.26. The molecule has 0 heterocycles. The quantitative estimate of drug-likeness (QED) is 0.599. The number of benzene rings is 1. The average Bonchev–Trinajstić information content (AvgIpc) is 2.33. The SMILES string of the molecule is C=C(NCS/C=C\C)C(C)c1cccc(F)c1. The van der Waals surface area contributed by atoms with E-state index in [-0.39, 0.29) is 11.7 Å². The summed E-state index contributed by atoms with van der Waals surface area (Å²) >= 11 is 1.67. The third-order valence-electron chi connectivity index (χ3n) is 2.49. The van der Waals surface area contributed by atoms with Crippen molar-refractivity contribution in [2.45, 2.75) is 19.8 Å². The Labute approximate surface area is 107 Å². The molecule has 0 bridgehead atoms. The molecule has 0 fully saturated rings. The minimum Gasteiger partial charge on any atom is -0.379 e. The summed E-state index contributed by atoms with van der Waals surface area (Å²) in [6, 6.07) is 6.65. The molecule has 1 atom stereocenters. The van der Waals surface area contributed by atoms with Gasteiger partial charge in [-0.15, -0.1) is 11.8 Å². The first-order chi connectivity index (χ1) is 8.15. The second kappa shape index (κ2) is 7.17. The fraction of sp³-hybridized carbons (Fsp3) is 0.286. The van der Waals surface area contributed by atoms with Gasteiger partial charge >= 0.3 is 0 Å². The summed E-state index contributed by atoms with van der Waals surface area (Å²) in [5.74, 6) is 0.686. The van der Waals surface area contributed by atoms with Crippen molar-refractivity contribution in [1.29, 1.82) is 0 Å². The number of hydrogen-bond acceptors (Lipinski definition) is 2. The van der Waals surface area contributed by atoms with Crippen molar-refractivity contribution in [3.8, 4) is 0 Å². The maximum Gasteiger partial charge on any atom is 0.123 e. The van der Waals surface area contributed by atoms with Gasteiger partial charge in [-0.1, -0.05) is 31.7 Å². The van der Waals surface area contributed by atoms with E-state index in [4.69, 9.17) is 0 Å². The van der Waals surface area contributed by atoms with Gasteiger partial charge in [0.15, 0.2) is 0 Å². The molecule has 0 radical (unpaired) electrons. The summed E-state index contributed by atoms with van der Waals surface area (Å²) in [5.41, 5.74) is 1.85. The van der Waals surface area contributed by atoms with Gasteiger partial charge in [0.05, 0.1) is 5.88 Å². The van der Waals surface area contributed by atoms with Gasteiger partial charge in [0.2, 0.25) is 0 Å². The molecule has 1 nitrogen and oxygen atoms in total. The summed E-state index contributed by atoms with van der Waals surface area (Å²) < 4.78 is 13.1. The molecule has 1 rings (SSSR count). The first-order valence-electron chi connectivity index (χ1n) is 5.56. The zero-order valence-corrected chi connectivity index (χ0v) is 11.1. The summed E-state index contributed by atoms with van der Waals surface area (Å²) in [6.45, 7) is 7.99. The molecule has 92 valence electrons. The highest BCUT2D eigenvalue weighted by Gasteiger charge is 2.09. The van der Waals surface area contributed by atoms with Gasteiger partial charge < -0.3 is 5.32 Å². The molecule has 0 amide bonds. The van der Waals surface area contributed by atoms with Gasteiger partial charge in [0, 0.05) is 11.6 Å². The Morgan fingerprint density at radius 3 is 3.00 bits per heavy atom. The molecule has 1 aromatic rings. The smallest absolute Gasteiger partial charge is 0.123 e. The molecule has 0 spiro atoms. The molecule has 0 aliphatic carbocycles. The van der Waals surface area contributed by atoms with E-state index in [0.717, 1.165) is 17.1 Å². The van der Waals surface area contributed by atoms with E-state index in [1.54, 1.807) is 23.9 Å². The van der Waals surface area contributed by atoms with Crippen LogP contribution in [0.4, 0.5) is 4.39 Å². The summed E-state index contributed by atoms with van der Waals surface area (Å²) in [5, 5.41) is 5.25. The molecule has 1 unspecified atom stereocenters. The minimum atomic E-state index is -0.203. The maximum atomic E-state index is 13.1. The second-order valence-corrected chi connectivity index (χ2v) is 4.65. The molecule has 1 aromatic carbocycles. The lowest BCUT2D eigenvalue weighted by Crippen LogP contribution is -2.16. The van der Waals surface area contributed by atoms with Crippen LogP contribution in [0, 0.1) is 5.82 Å². The van der Waals surface area contributed by atoms with Crippen LogP contribution in [0.2, 0.25) is 0 Å². The van der Waals surface area contributed by atoms with Crippen LogP contribution in [0.15, 0.2) is 48.0 Å². The zero-order chi connectivity index (χ0) is 12.7. The minimum absolute atomic E-state index is 0.108. The van der Waals surface area contributed by atoms with Crippen LogP contribution < -0.4 is 5.32 Å². The standard InChI is InChI=1S/C14H18FNS/c1-4-8-17-10-16-12(3)11(2)13-6-5-7-14(15)9-13/h4-9,11,16H,3,10H2,1-2H3/b8-4-. The van der Waals surface area contributed by atoms with Crippen LogP contribution in [0.3, 0.4) is 0 Å². The van der Waals surface area contributed by atoms with Crippen molar-refractivity contribution in [3.63, 3.8) is 0 Å². The summed E-state index contributed by atoms with van der Waals surface area (Å²) in [7, 11) is 0. The molecule has 17 heavy (non-hydrogen) atoms. The molecular formula is C14H18FNS. The van der Waals surface area contributed by atoms with Crippen molar-refractivity contribution in [3.05, 3.63) is 59.4 Å². The first kappa shape index (κ1) is 13.8. The third-order valence-corrected chi connectivity index (χ3v) is 3.26. The Bertz CT molecular complexity index is 401. The van der Waals surface area contributed by atoms with E-state index >= 15 is 0 Å². The molecule has 1 N–H and O–H groups in total. The van der Waals surface area contributed by atoms with Gasteiger partial charge in [-0.3, -0.25) is 0 Å². The van der Waals surface area contributed by atoms with Gasteiger partial charge in [-0.25, -0.2) is 4.39 Å². The van der Waals surface area contributed by atoms with Crippen LogP contribution in [0.25, 0.3) is 0 Å². The van der Waals surface area contributed by atoms with Crippen molar-refractivity contribution < 1.29 is 4.39 Å². The second-order valence-electron chi connectivity index (χ2n) is 3.76. The normalized spacial score (nSPS) is 12.6. The van der Waals surface area contributed by atoms with Crippen molar-refractivity contribution in [2.75, 3.05) is 5.88 Å². The van der Waals surface area contributed by atoms with Crippen LogP contribution in [0.5, 0.6) is 0 Å². The number of halogens is 1. The molecular weight excluding hydrogens is 233 g/mol. The Morgan fingerprint density at radius 1 is 1.59 bits per heavy atom. The van der Waals surface area contributed by atoms with E-state index in [1.165, 1.54) is 6.07 Å². The van der Waals surface area contributed by atoms with Crippen molar-refractivity contribution >= 4 is 11.8 Å². The predicted molar refractivity (Wildman–Crippen MR) is 74.4 cm³/mol. The highest BCUT2D eigenvalue weighted by Crippen LogP contribution is 2.21. The highest BCUT2D eigenvalue weighted by atomic mass is 32.2. The van der Waals surface area contributed by atoms with Gasteiger partial charge in [0.1, 0.15) is 5.82 Å². The molecule has 0 saturated carbocycles. The molecule has 0 saturated heterocycles. The van der Waals surface area contributed by atoms with Crippen LogP contribution in [-0.2, 0) is 0 Å². The number of hydrogen-bond donors (Lipinski definition) is 1. The fourth-order valence-corrected chi connectivity index (χ4v) is 1.97. The van der Waals surface area contributed by atoms with Crippen molar-refractivity contribution in [2.24, 2.45) is 0 Å². The largest absolute Gasteiger partial charge is 0.379 e. The fourth-order valence-electron chi connectivity index (χ4n) is 1.41. The Hall–Kier alpha value is -1.22. The summed E-state index contributed by atoms with van der Waals surface area (Å²) in [6.07, 6.45) is 1.99. The van der Waals surface area contributed by atoms with Gasteiger partial charge in [-0.05, 0) is 30.0 Å². The van der Waals surface area contributed by atoms with E-state index < -0.39 is 0 Å². The Kier molecular flexibility index (Phi) is 5.84. The number of nitrogens with one attached hydrogen (secondary N) is 1. The van der Waals surface area contributed by atoms with Crippen LogP contribution in [-0.4, -0.2) is 5.88 Å². The van der Waals surface area contributed by atoms with E-state index in [9.17, 15) is 4.39 Å². The maximum absolute atomic E-state index is 13.1. The van der Waals surface area contributed by atoms with Crippen LogP contribution in [0.1, 0.15) is 25.3 Å². The Balaban J connectivity index is 2.52. The monoisotopic (exact) mass is 251 g/mol. The van der Waals surface area contributed by atoms with Crippen LogP contribution >= 0.6 is 11.8 Å². The van der Waals surface area contributed by atoms with E-state index in [1.807, 2.05) is 31.4 Å². The average molecular weight is 251 g/mol. The number of rotatable bonds is 6. The number of allylic oxidation sites excluding steroid dienone is 2. The molecule has 3 heteroatoms. The summed E-state index contributed by atoms with van der Waals surface area (Å²) in [4.78, 5) is 0. The van der Waals surface area contributed by atoms with E-state index in [0.29, 0.717) is 0 Å². The van der Waals surface area contributed by atoms with E-state index in [2.05, 4.69) is 11.9 Å². The van der Waals surface area contributed by atoms with Gasteiger partial charge in [0.25, 0.3) is 0 Å². The third kappa shape index (κ3) is 4.65. The molecule has 0 aromatic heterocycles.